The van der Waals surface area contributed by atoms with Gasteiger partial charge in [-0.25, -0.2) is 0 Å². The fourth-order valence-corrected chi connectivity index (χ4v) is 4.01. The number of methoxy groups -OCH3 is 2. The highest BCUT2D eigenvalue weighted by molar-refractivity contribution is 5.62. The Balaban J connectivity index is 1.42. The van der Waals surface area contributed by atoms with Crippen LogP contribution >= 0.6 is 0 Å². The van der Waals surface area contributed by atoms with Crippen molar-refractivity contribution >= 4 is 5.69 Å². The van der Waals surface area contributed by atoms with Gasteiger partial charge in [-0.15, -0.1) is 0 Å². The van der Waals surface area contributed by atoms with Crippen LogP contribution in [-0.4, -0.2) is 48.4 Å². The average Bonchev–Trinajstić information content (AvgIpc) is 3.22. The van der Waals surface area contributed by atoms with Gasteiger partial charge in [0.15, 0.2) is 11.5 Å². The van der Waals surface area contributed by atoms with Crippen LogP contribution in [-0.2, 0) is 6.54 Å². The zero-order valence-corrected chi connectivity index (χ0v) is 17.0. The molecule has 2 N–H and O–H groups in total. The van der Waals surface area contributed by atoms with Crippen LogP contribution in [0.15, 0.2) is 54.7 Å². The summed E-state index contributed by atoms with van der Waals surface area (Å²) in [6.45, 7) is 2.99. The molecule has 6 nitrogen and oxygen atoms in total. The van der Waals surface area contributed by atoms with Crippen molar-refractivity contribution in [2.75, 3.05) is 32.6 Å². The molecule has 152 valence electrons. The number of hydrogen-bond acceptors (Lipinski definition) is 5. The summed E-state index contributed by atoms with van der Waals surface area (Å²) in [5.41, 5.74) is 4.59. The Morgan fingerprint density at radius 1 is 1.10 bits per heavy atom. The van der Waals surface area contributed by atoms with Crippen LogP contribution in [0.4, 0.5) is 5.69 Å². The fraction of sp³-hybridized carbons (Fsp3) is 0.348. The minimum Gasteiger partial charge on any atom is -0.493 e. The Bertz CT molecular complexity index is 926. The molecule has 29 heavy (non-hydrogen) atoms. The summed E-state index contributed by atoms with van der Waals surface area (Å²) in [4.78, 5) is 2.50. The van der Waals surface area contributed by atoms with Crippen molar-refractivity contribution in [2.24, 2.45) is 0 Å². The summed E-state index contributed by atoms with van der Waals surface area (Å²) >= 11 is 0. The Morgan fingerprint density at radius 3 is 2.72 bits per heavy atom. The normalized spacial score (nSPS) is 17.1. The van der Waals surface area contributed by atoms with Crippen LogP contribution in [0, 0.1) is 0 Å². The second-order valence-corrected chi connectivity index (χ2v) is 7.42. The smallest absolute Gasteiger partial charge is 0.162 e. The van der Waals surface area contributed by atoms with Crippen molar-refractivity contribution in [2.45, 2.75) is 25.4 Å². The van der Waals surface area contributed by atoms with E-state index in [1.165, 1.54) is 17.5 Å². The summed E-state index contributed by atoms with van der Waals surface area (Å²) in [5.74, 6) is 1.49. The van der Waals surface area contributed by atoms with Crippen molar-refractivity contribution in [1.29, 1.82) is 0 Å². The molecule has 0 radical (unpaired) electrons. The lowest BCUT2D eigenvalue weighted by Gasteiger charge is -2.33. The van der Waals surface area contributed by atoms with E-state index in [9.17, 15) is 0 Å². The van der Waals surface area contributed by atoms with E-state index in [4.69, 9.17) is 9.47 Å². The summed E-state index contributed by atoms with van der Waals surface area (Å²) in [7, 11) is 3.32. The van der Waals surface area contributed by atoms with Gasteiger partial charge in [0.05, 0.1) is 26.1 Å². The first kappa shape index (κ1) is 19.3. The second kappa shape index (κ2) is 9.01. The lowest BCUT2D eigenvalue weighted by atomic mass is 10.0. The minimum atomic E-state index is 0.397. The van der Waals surface area contributed by atoms with Gasteiger partial charge in [-0.2, -0.15) is 5.10 Å². The monoisotopic (exact) mass is 392 g/mol. The van der Waals surface area contributed by atoms with Gasteiger partial charge in [0.2, 0.25) is 0 Å². The SMILES string of the molecule is COc1ccc(NC2CCCN(Cc3cn[nH]c3-c3ccccc3)C2)cc1OC. The number of nitrogens with zero attached hydrogens (tertiary/aromatic N) is 2. The second-order valence-electron chi connectivity index (χ2n) is 7.42. The lowest BCUT2D eigenvalue weighted by molar-refractivity contribution is 0.209. The fourth-order valence-electron chi connectivity index (χ4n) is 4.01. The maximum atomic E-state index is 5.43. The molecule has 1 aromatic heterocycles. The molecule has 0 aliphatic carbocycles. The van der Waals surface area contributed by atoms with E-state index in [1.807, 2.05) is 30.5 Å². The molecule has 0 amide bonds. The van der Waals surface area contributed by atoms with Crippen molar-refractivity contribution in [3.05, 3.63) is 60.3 Å². The van der Waals surface area contributed by atoms with E-state index in [0.717, 1.165) is 48.9 Å². The quantitative estimate of drug-likeness (QED) is 0.632. The minimum absolute atomic E-state index is 0.397. The van der Waals surface area contributed by atoms with E-state index in [-0.39, 0.29) is 0 Å². The zero-order chi connectivity index (χ0) is 20.1. The van der Waals surface area contributed by atoms with Gasteiger partial charge in [-0.1, -0.05) is 30.3 Å². The molecule has 2 heterocycles. The number of benzene rings is 2. The summed E-state index contributed by atoms with van der Waals surface area (Å²) in [6.07, 6.45) is 4.28. The molecule has 1 aliphatic heterocycles. The predicted octanol–water partition coefficient (Wildman–Crippen LogP) is 4.17. The molecule has 0 bridgehead atoms. The number of aromatic amines is 1. The van der Waals surface area contributed by atoms with Gasteiger partial charge < -0.3 is 14.8 Å². The number of hydrogen-bond donors (Lipinski definition) is 2. The van der Waals surface area contributed by atoms with Crippen LogP contribution < -0.4 is 14.8 Å². The highest BCUT2D eigenvalue weighted by Crippen LogP contribution is 2.31. The van der Waals surface area contributed by atoms with Gasteiger partial charge >= 0.3 is 0 Å². The van der Waals surface area contributed by atoms with Gasteiger partial charge in [-0.3, -0.25) is 10.00 Å². The number of rotatable bonds is 7. The molecular weight excluding hydrogens is 364 g/mol. The van der Waals surface area contributed by atoms with E-state index < -0.39 is 0 Å². The van der Waals surface area contributed by atoms with Crippen LogP contribution in [0.25, 0.3) is 11.3 Å². The van der Waals surface area contributed by atoms with Gasteiger partial charge in [0.25, 0.3) is 0 Å². The Kier molecular flexibility index (Phi) is 6.00. The number of likely N-dealkylation sites (tertiary alicyclic amines) is 1. The Labute approximate surface area is 171 Å². The molecule has 2 aromatic carbocycles. The van der Waals surface area contributed by atoms with Crippen LogP contribution in [0.3, 0.4) is 0 Å². The van der Waals surface area contributed by atoms with Gasteiger partial charge in [-0.05, 0) is 37.1 Å². The Morgan fingerprint density at radius 2 is 1.93 bits per heavy atom. The largest absolute Gasteiger partial charge is 0.493 e. The van der Waals surface area contributed by atoms with Crippen molar-refractivity contribution in [3.8, 4) is 22.8 Å². The first-order valence-corrected chi connectivity index (χ1v) is 10.1. The molecule has 4 rings (SSSR count). The summed E-state index contributed by atoms with van der Waals surface area (Å²) in [5, 5.41) is 11.1. The maximum absolute atomic E-state index is 5.43. The molecule has 1 atom stereocenters. The summed E-state index contributed by atoms with van der Waals surface area (Å²) in [6, 6.07) is 16.8. The van der Waals surface area contributed by atoms with Crippen molar-refractivity contribution in [1.82, 2.24) is 15.1 Å². The molecule has 6 heteroatoms. The highest BCUT2D eigenvalue weighted by Gasteiger charge is 2.21. The first-order valence-electron chi connectivity index (χ1n) is 10.1. The third-order valence-corrected chi connectivity index (χ3v) is 5.43. The topological polar surface area (TPSA) is 62.4 Å². The third-order valence-electron chi connectivity index (χ3n) is 5.43. The van der Waals surface area contributed by atoms with E-state index in [0.29, 0.717) is 6.04 Å². The van der Waals surface area contributed by atoms with Crippen LogP contribution in [0.2, 0.25) is 0 Å². The zero-order valence-electron chi connectivity index (χ0n) is 17.0. The molecule has 3 aromatic rings. The van der Waals surface area contributed by atoms with E-state index in [2.05, 4.69) is 44.7 Å². The molecule has 1 aliphatic rings. The molecule has 1 fully saturated rings. The highest BCUT2D eigenvalue weighted by atomic mass is 16.5. The standard InChI is InChI=1S/C23H28N4O2/c1-28-21-11-10-19(13-22(21)29-2)25-20-9-6-12-27(16-20)15-18-14-24-26-23(18)17-7-4-3-5-8-17/h3-5,7-8,10-11,13-14,20,25H,6,9,12,15-16H2,1-2H3,(H,24,26). The average molecular weight is 393 g/mol. The van der Waals surface area contributed by atoms with Crippen molar-refractivity contribution in [3.63, 3.8) is 0 Å². The molecule has 0 saturated carbocycles. The molecular formula is C23H28N4O2. The number of nitrogens with one attached hydrogen (secondary N) is 2. The van der Waals surface area contributed by atoms with E-state index in [1.54, 1.807) is 14.2 Å². The predicted molar refractivity (Wildman–Crippen MR) is 115 cm³/mol. The molecule has 1 unspecified atom stereocenters. The molecule has 1 saturated heterocycles. The maximum Gasteiger partial charge on any atom is 0.162 e. The van der Waals surface area contributed by atoms with Crippen molar-refractivity contribution < 1.29 is 9.47 Å². The first-order chi connectivity index (χ1) is 14.3. The molecule has 0 spiro atoms. The number of aromatic nitrogens is 2. The number of piperidine rings is 1. The van der Waals surface area contributed by atoms with Gasteiger partial charge in [0.1, 0.15) is 0 Å². The summed E-state index contributed by atoms with van der Waals surface area (Å²) < 4.78 is 10.8. The van der Waals surface area contributed by atoms with E-state index >= 15 is 0 Å². The third kappa shape index (κ3) is 4.54. The number of anilines is 1. The Hall–Kier alpha value is -2.99. The number of ether oxygens (including phenoxy) is 2. The van der Waals surface area contributed by atoms with Crippen LogP contribution in [0.5, 0.6) is 11.5 Å². The number of H-pyrrole nitrogens is 1. The van der Waals surface area contributed by atoms with Crippen LogP contribution in [0.1, 0.15) is 18.4 Å². The lowest BCUT2D eigenvalue weighted by Crippen LogP contribution is -2.41. The van der Waals surface area contributed by atoms with Gasteiger partial charge in [0, 0.05) is 36.4 Å².